The topological polar surface area (TPSA) is 186 Å². The Kier molecular flexibility index (Phi) is 9.63. The molecular formula is C26H31F2N4O11P. The third kappa shape index (κ3) is 6.70. The van der Waals surface area contributed by atoms with Gasteiger partial charge in [0.1, 0.15) is 17.2 Å². The molecule has 2 aliphatic heterocycles. The molecule has 1 unspecified atom stereocenters. The number of aromatic nitrogens is 1. The summed E-state index contributed by atoms with van der Waals surface area (Å²) in [5, 5.41) is 14.5. The lowest BCUT2D eigenvalue weighted by molar-refractivity contribution is -0.0109. The molecule has 1 saturated heterocycles. The zero-order chi connectivity index (χ0) is 32.4. The van der Waals surface area contributed by atoms with Crippen LogP contribution in [0.4, 0.5) is 13.6 Å². The first-order valence-corrected chi connectivity index (χ1v) is 15.1. The largest absolute Gasteiger partial charge is 0.510 e. The van der Waals surface area contributed by atoms with Crippen molar-refractivity contribution in [1.29, 1.82) is 0 Å². The van der Waals surface area contributed by atoms with Gasteiger partial charge in [-0.1, -0.05) is 6.07 Å². The number of hydrogen-bond donors (Lipinski definition) is 3. The van der Waals surface area contributed by atoms with Crippen molar-refractivity contribution in [2.24, 2.45) is 0 Å². The molecule has 0 bridgehead atoms. The number of benzene rings is 1. The third-order valence-corrected chi connectivity index (χ3v) is 8.35. The van der Waals surface area contributed by atoms with Crippen molar-refractivity contribution >= 4 is 25.6 Å². The van der Waals surface area contributed by atoms with Gasteiger partial charge in [-0.05, 0) is 19.9 Å². The predicted molar refractivity (Wildman–Crippen MR) is 147 cm³/mol. The number of pyridine rings is 1. The van der Waals surface area contributed by atoms with E-state index in [2.05, 4.69) is 10.1 Å². The van der Waals surface area contributed by atoms with Gasteiger partial charge in [0.05, 0.1) is 25.5 Å². The minimum Gasteiger partial charge on any atom is -0.502 e. The molecule has 1 spiro atoms. The summed E-state index contributed by atoms with van der Waals surface area (Å²) < 4.78 is 61.0. The average Bonchev–Trinajstić information content (AvgIpc) is 3.43. The number of ether oxygens (including phenoxy) is 3. The van der Waals surface area contributed by atoms with Crippen molar-refractivity contribution in [3.63, 3.8) is 0 Å². The Balaban J connectivity index is 1.63. The minimum atomic E-state index is -4.46. The fourth-order valence-electron chi connectivity index (χ4n) is 4.79. The number of carbonyl (C=O) groups excluding carboxylic acids is 3. The Bertz CT molecular complexity index is 1560. The summed E-state index contributed by atoms with van der Waals surface area (Å²) in [5.74, 6) is -4.66. The third-order valence-electron chi connectivity index (χ3n) is 7.07. The summed E-state index contributed by atoms with van der Waals surface area (Å²) in [4.78, 5) is 62.7. The van der Waals surface area contributed by atoms with Crippen LogP contribution in [0.3, 0.4) is 0 Å². The number of carbonyl (C=O) groups is 3. The van der Waals surface area contributed by atoms with E-state index >= 15 is 0 Å². The maximum atomic E-state index is 14.1. The number of fused-ring (bicyclic) bond motifs is 1. The van der Waals surface area contributed by atoms with Crippen molar-refractivity contribution in [1.82, 2.24) is 14.9 Å². The zero-order valence-electron chi connectivity index (χ0n) is 23.9. The van der Waals surface area contributed by atoms with Crippen LogP contribution in [0.1, 0.15) is 46.7 Å². The molecule has 1 aromatic heterocycles. The second-order valence-electron chi connectivity index (χ2n) is 10.3. The van der Waals surface area contributed by atoms with E-state index in [0.29, 0.717) is 6.07 Å². The summed E-state index contributed by atoms with van der Waals surface area (Å²) in [6, 6.07) is 2.72. The average molecular weight is 645 g/mol. The van der Waals surface area contributed by atoms with Gasteiger partial charge in [0.15, 0.2) is 17.1 Å². The van der Waals surface area contributed by atoms with Crippen molar-refractivity contribution < 1.29 is 56.5 Å². The highest BCUT2D eigenvalue weighted by Crippen LogP contribution is 2.43. The molecule has 0 saturated carbocycles. The van der Waals surface area contributed by atoms with E-state index in [-0.39, 0.29) is 31.7 Å². The van der Waals surface area contributed by atoms with Crippen molar-refractivity contribution in [2.45, 2.75) is 38.6 Å². The molecule has 3 N–H and O–H groups in total. The summed E-state index contributed by atoms with van der Waals surface area (Å²) in [7, 11) is -3.06. The molecule has 2 aromatic rings. The van der Waals surface area contributed by atoms with E-state index in [1.165, 1.54) is 17.0 Å². The van der Waals surface area contributed by atoms with Gasteiger partial charge in [0, 0.05) is 44.4 Å². The zero-order valence-corrected chi connectivity index (χ0v) is 24.8. The molecule has 44 heavy (non-hydrogen) atoms. The van der Waals surface area contributed by atoms with Gasteiger partial charge in [-0.25, -0.2) is 13.6 Å². The van der Waals surface area contributed by atoms with Crippen LogP contribution >= 0.6 is 7.60 Å². The maximum Gasteiger partial charge on any atom is 0.510 e. The van der Waals surface area contributed by atoms with Crippen molar-refractivity contribution in [3.05, 3.63) is 63.1 Å². The Morgan fingerprint density at radius 2 is 1.98 bits per heavy atom. The van der Waals surface area contributed by atoms with Gasteiger partial charge < -0.3 is 34.4 Å². The summed E-state index contributed by atoms with van der Waals surface area (Å²) in [6.45, 7) is 1.58. The highest BCUT2D eigenvalue weighted by molar-refractivity contribution is 7.52. The summed E-state index contributed by atoms with van der Waals surface area (Å²) in [6.07, 6.45) is -1.02. The standard InChI is InChI=1S/C26H31F2N4O11P/c1-15(2)43-25(37)41-14-42-44(38,39)9-7-32-26(6-8-40-13-26)30(3)24(36)20-22(34)21(33)18(12-31(20)32)23(35)29-11-16-4-5-17(27)10-19(16)28/h4-5,10,12,15,34H,6-9,11,13-14H2,1-3H3,(H,29,35)(H,38,39)/t26-/m1/s1. The smallest absolute Gasteiger partial charge is 0.502 e. The maximum absolute atomic E-state index is 14.1. The SMILES string of the molecule is CC(C)OC(=O)OCOP(=O)(O)CCN1n2cc(C(=O)NCc3ccc(F)cc3F)c(=O)c(O)c2C(=O)N(C)[C@]12CCOC2. The molecule has 240 valence electrons. The van der Waals surface area contributed by atoms with Gasteiger partial charge in [-0.3, -0.25) is 33.2 Å². The van der Waals surface area contributed by atoms with E-state index in [4.69, 9.17) is 14.0 Å². The molecule has 15 nitrogen and oxygen atoms in total. The highest BCUT2D eigenvalue weighted by Gasteiger charge is 2.52. The molecule has 1 fully saturated rings. The quantitative estimate of drug-likeness (QED) is 0.193. The Morgan fingerprint density at radius 3 is 2.61 bits per heavy atom. The Labute approximate surface area is 249 Å². The molecule has 0 aliphatic carbocycles. The number of aromatic hydroxyl groups is 1. The van der Waals surface area contributed by atoms with Crippen molar-refractivity contribution in [3.8, 4) is 5.75 Å². The number of nitrogens with one attached hydrogen (secondary N) is 1. The highest BCUT2D eigenvalue weighted by atomic mass is 31.2. The Morgan fingerprint density at radius 1 is 1.25 bits per heavy atom. The van der Waals surface area contributed by atoms with Crippen LogP contribution in [0.15, 0.2) is 29.2 Å². The van der Waals surface area contributed by atoms with Gasteiger partial charge in [-0.15, -0.1) is 0 Å². The monoisotopic (exact) mass is 644 g/mol. The molecule has 2 atom stereocenters. The van der Waals surface area contributed by atoms with Crippen LogP contribution in [0.2, 0.25) is 0 Å². The molecular weight excluding hydrogens is 613 g/mol. The minimum absolute atomic E-state index is 0.0757. The lowest BCUT2D eigenvalue weighted by Crippen LogP contribution is -2.70. The van der Waals surface area contributed by atoms with Crippen molar-refractivity contribution in [2.75, 3.05) is 44.8 Å². The van der Waals surface area contributed by atoms with E-state index < -0.39 is 90.9 Å². The van der Waals surface area contributed by atoms with Gasteiger partial charge in [0.2, 0.25) is 12.2 Å². The van der Waals surface area contributed by atoms with Gasteiger partial charge in [-0.2, -0.15) is 0 Å². The molecule has 0 radical (unpaired) electrons. The van der Waals surface area contributed by atoms with Crippen LogP contribution in [-0.4, -0.2) is 89.1 Å². The Hall–Kier alpha value is -4.05. The second kappa shape index (κ2) is 12.9. The number of nitrogens with zero attached hydrogens (tertiary/aromatic N) is 3. The van der Waals surface area contributed by atoms with Crippen LogP contribution in [-0.2, 0) is 29.8 Å². The van der Waals surface area contributed by atoms with Crippen LogP contribution in [0.5, 0.6) is 5.75 Å². The molecule has 2 amide bonds. The fourth-order valence-corrected chi connectivity index (χ4v) is 5.58. The van der Waals surface area contributed by atoms with Gasteiger partial charge >= 0.3 is 13.8 Å². The molecule has 18 heteroatoms. The lowest BCUT2D eigenvalue weighted by Gasteiger charge is -2.52. The van der Waals surface area contributed by atoms with E-state index in [0.717, 1.165) is 23.0 Å². The van der Waals surface area contributed by atoms with E-state index in [1.54, 1.807) is 13.8 Å². The summed E-state index contributed by atoms with van der Waals surface area (Å²) in [5.41, 5.74) is -3.71. The number of likely N-dealkylation sites (N-methyl/N-ethyl adjacent to an activating group) is 1. The molecule has 1 aromatic carbocycles. The lowest BCUT2D eigenvalue weighted by atomic mass is 10.0. The molecule has 2 aliphatic rings. The molecule has 4 rings (SSSR count). The fraction of sp³-hybridized carbons (Fsp3) is 0.462. The number of hydrogen-bond acceptors (Lipinski definition) is 11. The van der Waals surface area contributed by atoms with E-state index in [9.17, 15) is 42.5 Å². The number of halogens is 2. The van der Waals surface area contributed by atoms with Crippen LogP contribution < -0.4 is 15.8 Å². The predicted octanol–water partition coefficient (Wildman–Crippen LogP) is 1.62. The first-order valence-electron chi connectivity index (χ1n) is 13.3. The summed E-state index contributed by atoms with van der Waals surface area (Å²) >= 11 is 0. The first-order chi connectivity index (χ1) is 20.7. The van der Waals surface area contributed by atoms with Crippen LogP contribution in [0, 0.1) is 11.6 Å². The second-order valence-corrected chi connectivity index (χ2v) is 12.3. The first kappa shape index (κ1) is 32.9. The molecule has 3 heterocycles. The number of rotatable bonds is 10. The van der Waals surface area contributed by atoms with Crippen LogP contribution in [0.25, 0.3) is 0 Å². The number of amides is 2. The normalized spacial score (nSPS) is 19.2. The van der Waals surface area contributed by atoms with Gasteiger partial charge in [0.25, 0.3) is 11.8 Å². The van der Waals surface area contributed by atoms with E-state index in [1.807, 2.05) is 0 Å².